The highest BCUT2D eigenvalue weighted by molar-refractivity contribution is 5.69. The summed E-state index contributed by atoms with van der Waals surface area (Å²) in [6.07, 6.45) is 1.89. The second kappa shape index (κ2) is 5.67. The fraction of sp³-hybridized carbons (Fsp3) is 0.571. The zero-order valence-electron chi connectivity index (χ0n) is 12.0. The molecule has 106 valence electrons. The summed E-state index contributed by atoms with van der Waals surface area (Å²) in [6, 6.07) is 3.73. The first-order chi connectivity index (χ1) is 9.10. The Morgan fingerprint density at radius 3 is 2.47 bits per heavy atom. The van der Waals surface area contributed by atoms with E-state index in [0.29, 0.717) is 0 Å². The van der Waals surface area contributed by atoms with E-state index in [-0.39, 0.29) is 6.04 Å². The van der Waals surface area contributed by atoms with Crippen molar-refractivity contribution in [2.24, 2.45) is 0 Å². The Kier molecular flexibility index (Phi) is 4.17. The van der Waals surface area contributed by atoms with E-state index in [1.807, 2.05) is 19.2 Å². The van der Waals surface area contributed by atoms with Gasteiger partial charge in [-0.25, -0.2) is 0 Å². The van der Waals surface area contributed by atoms with E-state index in [9.17, 15) is 5.21 Å². The van der Waals surface area contributed by atoms with Crippen molar-refractivity contribution in [3.05, 3.63) is 17.7 Å². The molecule has 0 amide bonds. The van der Waals surface area contributed by atoms with Crippen LogP contribution in [0.1, 0.15) is 24.4 Å². The molecular formula is C14H22N2O3. The smallest absolute Gasteiger partial charge is 0.142 e. The van der Waals surface area contributed by atoms with E-state index in [4.69, 9.17) is 9.47 Å². The number of anilines is 1. The zero-order chi connectivity index (χ0) is 14.0. The van der Waals surface area contributed by atoms with Gasteiger partial charge in [0.05, 0.1) is 25.9 Å². The van der Waals surface area contributed by atoms with Crippen LogP contribution in [0.2, 0.25) is 0 Å². The van der Waals surface area contributed by atoms with E-state index in [1.165, 1.54) is 5.06 Å². The molecule has 0 bridgehead atoms. The number of fused-ring (bicyclic) bond motifs is 1. The van der Waals surface area contributed by atoms with E-state index >= 15 is 0 Å². The van der Waals surface area contributed by atoms with Crippen molar-refractivity contribution in [3.63, 3.8) is 0 Å². The SMILES string of the molecule is COc1ccc(OC)c2c1C(N(C)O)CCCN2C. The van der Waals surface area contributed by atoms with Gasteiger partial charge in [0.2, 0.25) is 0 Å². The first-order valence-electron chi connectivity index (χ1n) is 6.47. The average molecular weight is 266 g/mol. The van der Waals surface area contributed by atoms with Crippen LogP contribution in [-0.4, -0.2) is 45.1 Å². The van der Waals surface area contributed by atoms with E-state index in [1.54, 1.807) is 21.3 Å². The molecule has 1 heterocycles. The minimum Gasteiger partial charge on any atom is -0.496 e. The van der Waals surface area contributed by atoms with Crippen LogP contribution in [0.15, 0.2) is 12.1 Å². The maximum absolute atomic E-state index is 9.94. The number of hydrogen-bond donors (Lipinski definition) is 1. The molecule has 1 aromatic rings. The number of hydroxylamine groups is 2. The first-order valence-corrected chi connectivity index (χ1v) is 6.47. The molecule has 1 atom stereocenters. The van der Waals surface area contributed by atoms with Crippen LogP contribution in [0.4, 0.5) is 5.69 Å². The first kappa shape index (κ1) is 14.0. The summed E-state index contributed by atoms with van der Waals surface area (Å²) < 4.78 is 10.9. The highest BCUT2D eigenvalue weighted by atomic mass is 16.5. The Bertz CT molecular complexity index is 449. The van der Waals surface area contributed by atoms with Crippen LogP contribution in [0, 0.1) is 0 Å². The number of benzene rings is 1. The lowest BCUT2D eigenvalue weighted by atomic mass is 9.99. The third-order valence-corrected chi connectivity index (χ3v) is 3.72. The van der Waals surface area contributed by atoms with Crippen LogP contribution in [0.5, 0.6) is 11.5 Å². The molecule has 19 heavy (non-hydrogen) atoms. The van der Waals surface area contributed by atoms with E-state index < -0.39 is 0 Å². The van der Waals surface area contributed by atoms with Crippen molar-refractivity contribution in [2.45, 2.75) is 18.9 Å². The molecule has 5 heteroatoms. The molecule has 1 aliphatic rings. The predicted octanol–water partition coefficient (Wildman–Crippen LogP) is 2.30. The van der Waals surface area contributed by atoms with Gasteiger partial charge in [-0.15, -0.1) is 0 Å². The number of hydrogen-bond acceptors (Lipinski definition) is 5. The third kappa shape index (κ3) is 2.48. The molecule has 0 saturated heterocycles. The number of methoxy groups -OCH3 is 2. The molecule has 0 radical (unpaired) electrons. The standard InChI is InChI=1S/C14H22N2O3/c1-15-9-5-6-10(16(2)17)13-11(18-3)7-8-12(19-4)14(13)15/h7-8,10,17H,5-6,9H2,1-4H3. The van der Waals surface area contributed by atoms with Crippen LogP contribution < -0.4 is 14.4 Å². The van der Waals surface area contributed by atoms with Gasteiger partial charge in [0.25, 0.3) is 0 Å². The minimum absolute atomic E-state index is 0.0787. The highest BCUT2D eigenvalue weighted by Crippen LogP contribution is 2.45. The molecule has 0 fully saturated rings. The maximum Gasteiger partial charge on any atom is 0.142 e. The molecule has 2 rings (SSSR count). The molecule has 1 unspecified atom stereocenters. The van der Waals surface area contributed by atoms with Gasteiger partial charge in [-0.1, -0.05) is 0 Å². The van der Waals surface area contributed by atoms with Crippen LogP contribution in [0.25, 0.3) is 0 Å². The minimum atomic E-state index is -0.0787. The molecule has 1 aliphatic heterocycles. The van der Waals surface area contributed by atoms with Gasteiger partial charge in [0, 0.05) is 26.2 Å². The van der Waals surface area contributed by atoms with Gasteiger partial charge < -0.3 is 19.6 Å². The van der Waals surface area contributed by atoms with Crippen LogP contribution in [0.3, 0.4) is 0 Å². The van der Waals surface area contributed by atoms with Crippen molar-refractivity contribution >= 4 is 5.69 Å². The Morgan fingerprint density at radius 2 is 1.89 bits per heavy atom. The summed E-state index contributed by atoms with van der Waals surface area (Å²) in [5.74, 6) is 1.60. The monoisotopic (exact) mass is 266 g/mol. The van der Waals surface area contributed by atoms with Gasteiger partial charge in [-0.05, 0) is 25.0 Å². The van der Waals surface area contributed by atoms with Gasteiger partial charge >= 0.3 is 0 Å². The van der Waals surface area contributed by atoms with E-state index in [0.717, 1.165) is 42.1 Å². The van der Waals surface area contributed by atoms with Crippen LogP contribution in [-0.2, 0) is 0 Å². The second-order valence-electron chi connectivity index (χ2n) is 4.89. The number of rotatable bonds is 3. The quantitative estimate of drug-likeness (QED) is 0.850. The van der Waals surface area contributed by atoms with Gasteiger partial charge in [0.1, 0.15) is 11.5 Å². The Balaban J connectivity index is 2.66. The number of ether oxygens (including phenoxy) is 2. The maximum atomic E-state index is 9.94. The average Bonchev–Trinajstić information content (AvgIpc) is 2.58. The lowest BCUT2D eigenvalue weighted by molar-refractivity contribution is -0.106. The van der Waals surface area contributed by atoms with Gasteiger partial charge in [-0.3, -0.25) is 0 Å². The Labute approximate surface area is 114 Å². The normalized spacial score (nSPS) is 19.1. The third-order valence-electron chi connectivity index (χ3n) is 3.72. The summed E-state index contributed by atoms with van der Waals surface area (Å²) in [6.45, 7) is 0.931. The summed E-state index contributed by atoms with van der Waals surface area (Å²) in [4.78, 5) is 2.17. The fourth-order valence-corrected chi connectivity index (χ4v) is 2.78. The van der Waals surface area contributed by atoms with Crippen molar-refractivity contribution in [3.8, 4) is 11.5 Å². The molecule has 0 aromatic heterocycles. The molecule has 0 spiro atoms. The zero-order valence-corrected chi connectivity index (χ0v) is 12.0. The van der Waals surface area contributed by atoms with Crippen molar-refractivity contribution in [2.75, 3.05) is 39.8 Å². The Hall–Kier alpha value is -1.46. The predicted molar refractivity (Wildman–Crippen MR) is 74.3 cm³/mol. The Morgan fingerprint density at radius 1 is 1.26 bits per heavy atom. The molecule has 0 saturated carbocycles. The molecule has 0 aliphatic carbocycles. The largest absolute Gasteiger partial charge is 0.496 e. The molecular weight excluding hydrogens is 244 g/mol. The fourth-order valence-electron chi connectivity index (χ4n) is 2.78. The van der Waals surface area contributed by atoms with Gasteiger partial charge in [0.15, 0.2) is 0 Å². The summed E-state index contributed by atoms with van der Waals surface area (Å²) in [5.41, 5.74) is 2.00. The lowest BCUT2D eigenvalue weighted by Crippen LogP contribution is -2.22. The van der Waals surface area contributed by atoms with Crippen molar-refractivity contribution in [1.82, 2.24) is 5.06 Å². The summed E-state index contributed by atoms with van der Waals surface area (Å²) in [5, 5.41) is 11.2. The van der Waals surface area contributed by atoms with Gasteiger partial charge in [-0.2, -0.15) is 5.06 Å². The summed E-state index contributed by atoms with van der Waals surface area (Å²) in [7, 11) is 7.04. The molecule has 1 N–H and O–H groups in total. The van der Waals surface area contributed by atoms with Crippen molar-refractivity contribution < 1.29 is 14.7 Å². The molecule has 5 nitrogen and oxygen atoms in total. The number of nitrogens with zero attached hydrogens (tertiary/aromatic N) is 2. The van der Waals surface area contributed by atoms with E-state index in [2.05, 4.69) is 4.90 Å². The topological polar surface area (TPSA) is 45.2 Å². The highest BCUT2D eigenvalue weighted by Gasteiger charge is 2.30. The lowest BCUT2D eigenvalue weighted by Gasteiger charge is -2.28. The second-order valence-corrected chi connectivity index (χ2v) is 4.89. The van der Waals surface area contributed by atoms with Crippen LogP contribution >= 0.6 is 0 Å². The molecule has 1 aromatic carbocycles. The van der Waals surface area contributed by atoms with Crippen molar-refractivity contribution in [1.29, 1.82) is 0 Å². The summed E-state index contributed by atoms with van der Waals surface area (Å²) >= 11 is 0.